The molecule has 0 aliphatic heterocycles. The second kappa shape index (κ2) is 8.87. The van der Waals surface area contributed by atoms with Gasteiger partial charge in [0.25, 0.3) is 0 Å². The Hall–Kier alpha value is -4.78. The molecule has 2 aliphatic carbocycles. The topological polar surface area (TPSA) is 113 Å². The van der Waals surface area contributed by atoms with E-state index >= 15 is 0 Å². The number of Topliss-reactive ketones (excluding diaryl/α,β-unsaturated/α-hetero) is 2. The highest BCUT2D eigenvalue weighted by molar-refractivity contribution is 6.35. The average molecular weight is 465 g/mol. The molecular formula is C28H19NO6. The van der Waals surface area contributed by atoms with Crippen LogP contribution >= 0.6 is 0 Å². The van der Waals surface area contributed by atoms with Crippen molar-refractivity contribution in [3.8, 4) is 0 Å². The van der Waals surface area contributed by atoms with Crippen LogP contribution < -0.4 is 0 Å². The van der Waals surface area contributed by atoms with Crippen LogP contribution in [0.3, 0.4) is 0 Å². The van der Waals surface area contributed by atoms with Crippen LogP contribution in [-0.2, 0) is 16.0 Å². The van der Waals surface area contributed by atoms with Crippen LogP contribution in [0, 0.1) is 0 Å². The molecule has 172 valence electrons. The molecule has 5 rings (SSSR count). The molecule has 0 bridgehead atoms. The summed E-state index contributed by atoms with van der Waals surface area (Å²) >= 11 is 0. The summed E-state index contributed by atoms with van der Waals surface area (Å²) in [6, 6.07) is 22.4. The lowest BCUT2D eigenvalue weighted by atomic mass is 9.92. The summed E-state index contributed by atoms with van der Waals surface area (Å²) in [6.07, 6.45) is 0.602. The number of benzene rings is 3. The molecule has 3 aromatic rings. The minimum Gasteiger partial charge on any atom is -0.506 e. The molecule has 7 nitrogen and oxygen atoms in total. The van der Waals surface area contributed by atoms with E-state index in [0.717, 1.165) is 5.56 Å². The number of hydrogen-bond donors (Lipinski definition) is 2. The molecule has 0 unspecified atom stereocenters. The first-order chi connectivity index (χ1) is 17.0. The number of aliphatic imine (C=N–C) groups is 1. The van der Waals surface area contributed by atoms with E-state index in [9.17, 15) is 24.6 Å². The van der Waals surface area contributed by atoms with Gasteiger partial charge in [0.15, 0.2) is 0 Å². The maximum absolute atomic E-state index is 13.2. The van der Waals surface area contributed by atoms with Crippen LogP contribution in [0.15, 0.2) is 101 Å². The van der Waals surface area contributed by atoms with Crippen LogP contribution in [0.5, 0.6) is 0 Å². The highest BCUT2D eigenvalue weighted by Crippen LogP contribution is 2.34. The Labute approximate surface area is 200 Å². The van der Waals surface area contributed by atoms with Crippen molar-refractivity contribution >= 4 is 29.0 Å². The average Bonchev–Trinajstić information content (AvgIpc) is 3.17. The Morgan fingerprint density at radius 1 is 0.714 bits per heavy atom. The second-order valence-corrected chi connectivity index (χ2v) is 8.01. The number of nitrogens with zero attached hydrogens (tertiary/aromatic N) is 1. The van der Waals surface area contributed by atoms with Crippen LogP contribution in [0.4, 0.5) is 0 Å². The summed E-state index contributed by atoms with van der Waals surface area (Å²) in [5.41, 5.74) is 2.01. The monoisotopic (exact) mass is 465 g/mol. The van der Waals surface area contributed by atoms with E-state index in [1.807, 2.05) is 30.3 Å². The smallest absolute Gasteiger partial charge is 0.349 e. The van der Waals surface area contributed by atoms with E-state index in [1.54, 1.807) is 36.4 Å². The van der Waals surface area contributed by atoms with Gasteiger partial charge in [-0.2, -0.15) is 0 Å². The third kappa shape index (κ3) is 3.83. The first kappa shape index (κ1) is 22.0. The molecule has 0 saturated carbocycles. The molecular weight excluding hydrogens is 446 g/mol. The van der Waals surface area contributed by atoms with Crippen molar-refractivity contribution in [3.63, 3.8) is 0 Å². The number of carbonyl (C=O) groups excluding carboxylic acids is 3. The Bertz CT molecular complexity index is 1480. The summed E-state index contributed by atoms with van der Waals surface area (Å²) < 4.78 is 5.25. The lowest BCUT2D eigenvalue weighted by Gasteiger charge is -2.17. The fraction of sp³-hybridized carbons (Fsp3) is 0.0714. The van der Waals surface area contributed by atoms with Crippen molar-refractivity contribution in [2.45, 2.75) is 6.42 Å². The van der Waals surface area contributed by atoms with E-state index < -0.39 is 29.1 Å². The SMILES string of the molecule is O=C(OC1=C(O)C(=O)c2ccccc2C1=O)C1=C(O)c2ccccc2C1=NCCc1ccccc1. The van der Waals surface area contributed by atoms with E-state index in [2.05, 4.69) is 4.99 Å². The molecule has 0 aromatic heterocycles. The Balaban J connectivity index is 1.48. The van der Waals surface area contributed by atoms with Gasteiger partial charge in [0.1, 0.15) is 11.3 Å². The minimum absolute atomic E-state index is 0.0164. The molecule has 0 spiro atoms. The Kier molecular flexibility index (Phi) is 5.58. The number of ether oxygens (including phenoxy) is 1. The number of esters is 1. The second-order valence-electron chi connectivity index (χ2n) is 8.01. The zero-order valence-electron chi connectivity index (χ0n) is 18.4. The van der Waals surface area contributed by atoms with Crippen molar-refractivity contribution in [1.82, 2.24) is 0 Å². The lowest BCUT2D eigenvalue weighted by molar-refractivity contribution is -0.134. The minimum atomic E-state index is -1.10. The van der Waals surface area contributed by atoms with Crippen LogP contribution in [0.1, 0.15) is 37.4 Å². The van der Waals surface area contributed by atoms with Crippen LogP contribution in [0.25, 0.3) is 5.76 Å². The van der Waals surface area contributed by atoms with E-state index in [1.165, 1.54) is 12.1 Å². The number of allylic oxidation sites excluding steroid dienone is 2. The highest BCUT2D eigenvalue weighted by Gasteiger charge is 2.38. The van der Waals surface area contributed by atoms with Crippen molar-refractivity contribution < 1.29 is 29.3 Å². The van der Waals surface area contributed by atoms with Gasteiger partial charge in [-0.25, -0.2) is 4.79 Å². The van der Waals surface area contributed by atoms with Crippen molar-refractivity contribution in [3.05, 3.63) is 124 Å². The number of aliphatic hydroxyl groups is 2. The van der Waals surface area contributed by atoms with Gasteiger partial charge in [0.2, 0.25) is 23.1 Å². The highest BCUT2D eigenvalue weighted by atomic mass is 16.5. The van der Waals surface area contributed by atoms with Crippen LogP contribution in [0.2, 0.25) is 0 Å². The van der Waals surface area contributed by atoms with Gasteiger partial charge in [-0.15, -0.1) is 0 Å². The van der Waals surface area contributed by atoms with Gasteiger partial charge in [0, 0.05) is 28.8 Å². The molecule has 0 amide bonds. The molecule has 0 atom stereocenters. The van der Waals surface area contributed by atoms with E-state index in [-0.39, 0.29) is 28.2 Å². The third-order valence-electron chi connectivity index (χ3n) is 5.88. The van der Waals surface area contributed by atoms with E-state index in [4.69, 9.17) is 4.74 Å². The molecule has 3 aromatic carbocycles. The van der Waals surface area contributed by atoms with Gasteiger partial charge >= 0.3 is 5.97 Å². The number of fused-ring (bicyclic) bond motifs is 2. The molecule has 2 aliphatic rings. The molecule has 2 N–H and O–H groups in total. The predicted octanol–water partition coefficient (Wildman–Crippen LogP) is 4.39. The zero-order valence-corrected chi connectivity index (χ0v) is 18.4. The first-order valence-corrected chi connectivity index (χ1v) is 10.9. The fourth-order valence-corrected chi connectivity index (χ4v) is 4.15. The predicted molar refractivity (Wildman–Crippen MR) is 128 cm³/mol. The normalized spacial score (nSPS) is 15.9. The van der Waals surface area contributed by atoms with Crippen molar-refractivity contribution in [2.24, 2.45) is 4.99 Å². The fourth-order valence-electron chi connectivity index (χ4n) is 4.15. The van der Waals surface area contributed by atoms with Crippen LogP contribution in [-0.4, -0.2) is 40.0 Å². The van der Waals surface area contributed by atoms with Gasteiger partial charge < -0.3 is 14.9 Å². The molecule has 35 heavy (non-hydrogen) atoms. The van der Waals surface area contributed by atoms with Gasteiger partial charge in [-0.05, 0) is 12.0 Å². The van der Waals surface area contributed by atoms with Gasteiger partial charge in [0.05, 0.1) is 5.71 Å². The number of ketones is 2. The number of aliphatic hydroxyl groups excluding tert-OH is 2. The quantitative estimate of drug-likeness (QED) is 0.540. The summed E-state index contributed by atoms with van der Waals surface area (Å²) in [5, 5.41) is 21.2. The van der Waals surface area contributed by atoms with Crippen molar-refractivity contribution in [1.29, 1.82) is 0 Å². The maximum Gasteiger partial charge on any atom is 0.349 e. The largest absolute Gasteiger partial charge is 0.506 e. The molecule has 7 heteroatoms. The molecule has 0 radical (unpaired) electrons. The lowest BCUT2D eigenvalue weighted by Crippen LogP contribution is -2.26. The van der Waals surface area contributed by atoms with Gasteiger partial charge in [-0.3, -0.25) is 14.6 Å². The maximum atomic E-state index is 13.2. The number of carbonyl (C=O) groups is 3. The third-order valence-corrected chi connectivity index (χ3v) is 5.88. The Morgan fingerprint density at radius 2 is 1.29 bits per heavy atom. The molecule has 0 heterocycles. The van der Waals surface area contributed by atoms with Crippen molar-refractivity contribution in [2.75, 3.05) is 6.54 Å². The zero-order chi connectivity index (χ0) is 24.5. The molecule has 0 fully saturated rings. The van der Waals surface area contributed by atoms with E-state index in [0.29, 0.717) is 24.1 Å². The number of rotatable bonds is 5. The van der Waals surface area contributed by atoms with Gasteiger partial charge in [-0.1, -0.05) is 78.9 Å². The summed E-state index contributed by atoms with van der Waals surface area (Å²) in [6.45, 7) is 0.330. The standard InChI is InChI=1S/C28H19NO6/c30-23-18-11-5-4-10-17(18)22(29-15-14-16-8-2-1-3-9-16)21(23)28(34)35-27-25(32)20-13-7-6-12-19(20)24(31)26(27)33/h1-13,30,33H,14-15H2. The number of hydrogen-bond acceptors (Lipinski definition) is 7. The molecule has 0 saturated heterocycles. The Morgan fingerprint density at radius 3 is 1.97 bits per heavy atom. The summed E-state index contributed by atoms with van der Waals surface area (Å²) in [7, 11) is 0. The first-order valence-electron chi connectivity index (χ1n) is 10.9. The summed E-state index contributed by atoms with van der Waals surface area (Å²) in [4.78, 5) is 43.2. The summed E-state index contributed by atoms with van der Waals surface area (Å²) in [5.74, 6) is -4.81.